The van der Waals surface area contributed by atoms with Crippen LogP contribution < -0.4 is 10.1 Å². The van der Waals surface area contributed by atoms with E-state index in [0.717, 1.165) is 25.5 Å². The molecule has 0 aromatic heterocycles. The highest BCUT2D eigenvalue weighted by Gasteiger charge is 2.45. The van der Waals surface area contributed by atoms with Crippen LogP contribution in [0, 0.1) is 5.92 Å². The SMILES string of the molecule is CCOc1ccc(C2(C(CC(C)C)NCCOC)CCC2)cc1. The van der Waals surface area contributed by atoms with Crippen LogP contribution in [0.25, 0.3) is 0 Å². The van der Waals surface area contributed by atoms with Crippen molar-refractivity contribution < 1.29 is 9.47 Å². The standard InChI is InChI=1S/C20H33NO2/c1-5-23-18-9-7-17(8-10-18)20(11-6-12-20)19(15-16(2)3)21-13-14-22-4/h7-10,16,19,21H,5-6,11-15H2,1-4H3. The van der Waals surface area contributed by atoms with Crippen LogP contribution in [0.15, 0.2) is 24.3 Å². The molecule has 3 heteroatoms. The van der Waals surface area contributed by atoms with E-state index in [1.54, 1.807) is 7.11 Å². The lowest BCUT2D eigenvalue weighted by molar-refractivity contribution is 0.135. The van der Waals surface area contributed by atoms with E-state index in [2.05, 4.69) is 43.4 Å². The molecule has 0 amide bonds. The van der Waals surface area contributed by atoms with Crippen LogP contribution in [-0.4, -0.2) is 32.9 Å². The van der Waals surface area contributed by atoms with Crippen LogP contribution in [0.2, 0.25) is 0 Å². The maximum atomic E-state index is 5.60. The Kier molecular flexibility index (Phi) is 6.91. The van der Waals surface area contributed by atoms with Crippen molar-refractivity contribution in [2.45, 2.75) is 57.9 Å². The molecule has 0 bridgehead atoms. The monoisotopic (exact) mass is 319 g/mol. The first-order chi connectivity index (χ1) is 11.1. The van der Waals surface area contributed by atoms with Crippen molar-refractivity contribution in [3.8, 4) is 5.75 Å². The van der Waals surface area contributed by atoms with E-state index in [9.17, 15) is 0 Å². The van der Waals surface area contributed by atoms with Gasteiger partial charge in [-0.2, -0.15) is 0 Å². The van der Waals surface area contributed by atoms with Gasteiger partial charge in [-0.25, -0.2) is 0 Å². The van der Waals surface area contributed by atoms with Gasteiger partial charge in [0.1, 0.15) is 5.75 Å². The van der Waals surface area contributed by atoms with Gasteiger partial charge in [-0.1, -0.05) is 32.4 Å². The highest BCUT2D eigenvalue weighted by atomic mass is 16.5. The first-order valence-electron chi connectivity index (χ1n) is 9.08. The number of hydrogen-bond donors (Lipinski definition) is 1. The third kappa shape index (κ3) is 4.48. The summed E-state index contributed by atoms with van der Waals surface area (Å²) in [6, 6.07) is 9.32. The lowest BCUT2D eigenvalue weighted by Gasteiger charge is -2.49. The van der Waals surface area contributed by atoms with Crippen LogP contribution >= 0.6 is 0 Å². The van der Waals surface area contributed by atoms with Gasteiger partial charge in [0.15, 0.2) is 0 Å². The predicted octanol–water partition coefficient (Wildman–Crippen LogP) is 4.16. The van der Waals surface area contributed by atoms with E-state index in [0.29, 0.717) is 12.0 Å². The van der Waals surface area contributed by atoms with Crippen molar-refractivity contribution in [1.82, 2.24) is 5.32 Å². The molecule has 2 rings (SSSR count). The maximum Gasteiger partial charge on any atom is 0.119 e. The molecule has 1 saturated carbocycles. The molecule has 1 aromatic carbocycles. The minimum absolute atomic E-state index is 0.281. The fraction of sp³-hybridized carbons (Fsp3) is 0.700. The molecular weight excluding hydrogens is 286 g/mol. The zero-order chi connectivity index (χ0) is 16.7. The summed E-state index contributed by atoms with van der Waals surface area (Å²) in [5.41, 5.74) is 1.74. The van der Waals surface area contributed by atoms with Crippen molar-refractivity contribution in [2.75, 3.05) is 26.9 Å². The molecule has 23 heavy (non-hydrogen) atoms. The number of nitrogens with one attached hydrogen (secondary N) is 1. The van der Waals surface area contributed by atoms with E-state index in [1.807, 2.05) is 6.92 Å². The smallest absolute Gasteiger partial charge is 0.119 e. The minimum Gasteiger partial charge on any atom is -0.494 e. The van der Waals surface area contributed by atoms with Crippen LogP contribution in [0.4, 0.5) is 0 Å². The van der Waals surface area contributed by atoms with Crippen LogP contribution in [0.5, 0.6) is 5.75 Å². The highest BCUT2D eigenvalue weighted by molar-refractivity contribution is 5.35. The van der Waals surface area contributed by atoms with Gasteiger partial charge >= 0.3 is 0 Å². The number of rotatable bonds is 10. The largest absolute Gasteiger partial charge is 0.494 e. The molecule has 1 aliphatic carbocycles. The van der Waals surface area contributed by atoms with Crippen molar-refractivity contribution in [2.24, 2.45) is 5.92 Å². The van der Waals surface area contributed by atoms with E-state index in [4.69, 9.17) is 9.47 Å². The molecule has 0 aliphatic heterocycles. The average molecular weight is 319 g/mol. The molecule has 1 aromatic rings. The summed E-state index contributed by atoms with van der Waals surface area (Å²) >= 11 is 0. The Morgan fingerprint density at radius 2 is 1.87 bits per heavy atom. The van der Waals surface area contributed by atoms with Crippen molar-refractivity contribution in [1.29, 1.82) is 0 Å². The Morgan fingerprint density at radius 1 is 1.17 bits per heavy atom. The van der Waals surface area contributed by atoms with Gasteiger partial charge in [0, 0.05) is 25.1 Å². The highest BCUT2D eigenvalue weighted by Crippen LogP contribution is 2.48. The summed E-state index contributed by atoms with van der Waals surface area (Å²) in [6.45, 7) is 9.07. The second kappa shape index (κ2) is 8.70. The van der Waals surface area contributed by atoms with Gasteiger partial charge < -0.3 is 14.8 Å². The van der Waals surface area contributed by atoms with Crippen LogP contribution in [0.1, 0.15) is 52.0 Å². The summed E-state index contributed by atoms with van der Waals surface area (Å²) in [7, 11) is 1.77. The summed E-state index contributed by atoms with van der Waals surface area (Å²) in [5, 5.41) is 3.78. The Bertz CT molecular complexity index is 451. The fourth-order valence-corrected chi connectivity index (χ4v) is 3.76. The number of benzene rings is 1. The molecule has 0 saturated heterocycles. The second-order valence-electron chi connectivity index (χ2n) is 7.10. The normalized spacial score (nSPS) is 17.8. The molecule has 1 N–H and O–H groups in total. The molecule has 130 valence electrons. The topological polar surface area (TPSA) is 30.5 Å². The zero-order valence-corrected chi connectivity index (χ0v) is 15.2. The van der Waals surface area contributed by atoms with Crippen LogP contribution in [0.3, 0.4) is 0 Å². The van der Waals surface area contributed by atoms with Crippen molar-refractivity contribution in [3.63, 3.8) is 0 Å². The molecule has 0 spiro atoms. The lowest BCUT2D eigenvalue weighted by atomic mass is 9.59. The molecular formula is C20H33NO2. The zero-order valence-electron chi connectivity index (χ0n) is 15.2. The van der Waals surface area contributed by atoms with Gasteiger partial charge in [0.2, 0.25) is 0 Å². The Morgan fingerprint density at radius 3 is 2.35 bits per heavy atom. The summed E-state index contributed by atoms with van der Waals surface area (Å²) in [5.74, 6) is 1.66. The second-order valence-corrected chi connectivity index (χ2v) is 7.10. The van der Waals surface area contributed by atoms with Gasteiger partial charge in [-0.3, -0.25) is 0 Å². The fourth-order valence-electron chi connectivity index (χ4n) is 3.76. The molecule has 1 aliphatic rings. The van der Waals surface area contributed by atoms with Gasteiger partial charge in [-0.15, -0.1) is 0 Å². The Labute approximate surface area is 141 Å². The molecule has 3 nitrogen and oxygen atoms in total. The van der Waals surface area contributed by atoms with E-state index < -0.39 is 0 Å². The predicted molar refractivity (Wildman–Crippen MR) is 96.3 cm³/mol. The third-order valence-corrected chi connectivity index (χ3v) is 5.06. The quantitative estimate of drug-likeness (QED) is 0.657. The van der Waals surface area contributed by atoms with E-state index >= 15 is 0 Å². The molecule has 1 atom stereocenters. The minimum atomic E-state index is 0.281. The van der Waals surface area contributed by atoms with Gasteiger partial charge in [-0.05, 0) is 49.8 Å². The number of methoxy groups -OCH3 is 1. The molecule has 1 fully saturated rings. The average Bonchev–Trinajstić information content (AvgIpc) is 2.47. The Balaban J connectivity index is 2.17. The number of ether oxygens (including phenoxy) is 2. The lowest BCUT2D eigenvalue weighted by Crippen LogP contribution is -2.54. The van der Waals surface area contributed by atoms with Gasteiger partial charge in [0.05, 0.1) is 13.2 Å². The summed E-state index contributed by atoms with van der Waals surface area (Å²) in [4.78, 5) is 0. The van der Waals surface area contributed by atoms with Crippen LogP contribution in [-0.2, 0) is 10.2 Å². The molecule has 0 heterocycles. The van der Waals surface area contributed by atoms with E-state index in [1.165, 1.54) is 31.2 Å². The first kappa shape index (κ1) is 18.3. The summed E-state index contributed by atoms with van der Waals surface area (Å²) in [6.07, 6.45) is 5.08. The maximum absolute atomic E-state index is 5.60. The molecule has 0 radical (unpaired) electrons. The third-order valence-electron chi connectivity index (χ3n) is 5.06. The van der Waals surface area contributed by atoms with Crippen molar-refractivity contribution >= 4 is 0 Å². The molecule has 1 unspecified atom stereocenters. The summed E-state index contributed by atoms with van der Waals surface area (Å²) < 4.78 is 10.8. The first-order valence-corrected chi connectivity index (χ1v) is 9.08. The Hall–Kier alpha value is -1.06. The van der Waals surface area contributed by atoms with Crippen molar-refractivity contribution in [3.05, 3.63) is 29.8 Å². The number of hydrogen-bond acceptors (Lipinski definition) is 3. The van der Waals surface area contributed by atoms with E-state index in [-0.39, 0.29) is 5.41 Å². The van der Waals surface area contributed by atoms with Gasteiger partial charge in [0.25, 0.3) is 0 Å².